The summed E-state index contributed by atoms with van der Waals surface area (Å²) in [6.07, 6.45) is 2.95. The maximum atomic E-state index is 5.97. The zero-order valence-electron chi connectivity index (χ0n) is 7.89. The van der Waals surface area contributed by atoms with Crippen molar-refractivity contribution in [2.24, 2.45) is 0 Å². The highest BCUT2D eigenvalue weighted by Gasteiger charge is 2.22. The monoisotopic (exact) mass is 185 g/mol. The first kappa shape index (κ1) is 9.66. The van der Waals surface area contributed by atoms with Crippen LogP contribution in [0.5, 0.6) is 0 Å². The summed E-state index contributed by atoms with van der Waals surface area (Å²) in [5.74, 6) is 0. The van der Waals surface area contributed by atoms with Crippen molar-refractivity contribution < 1.29 is 0 Å². The predicted molar refractivity (Wildman–Crippen MR) is 53.8 cm³/mol. The molecule has 0 aromatic carbocycles. The topological polar surface area (TPSA) is 15.8 Å². The molecule has 1 atom stereocenters. The third-order valence-corrected chi connectivity index (χ3v) is 2.27. The van der Waals surface area contributed by atoms with Gasteiger partial charge in [0, 0.05) is 22.7 Å². The number of rotatable bonds is 3. The van der Waals surface area contributed by atoms with Gasteiger partial charge < -0.3 is 4.98 Å². The van der Waals surface area contributed by atoms with E-state index in [4.69, 9.17) is 11.6 Å². The molecule has 0 amide bonds. The first-order valence-corrected chi connectivity index (χ1v) is 4.74. The molecule has 1 nitrogen and oxygen atoms in total. The highest BCUT2D eigenvalue weighted by atomic mass is 35.5. The molecule has 2 heteroatoms. The summed E-state index contributed by atoms with van der Waals surface area (Å²) in [5.41, 5.74) is 1.42. The standard InChI is InChI=1S/C10H16ClN/c1-8(11)7-10(2,3)9-5-4-6-12-9/h4-6,8,12H,7H2,1-3H3. The van der Waals surface area contributed by atoms with Crippen LogP contribution >= 0.6 is 11.6 Å². The van der Waals surface area contributed by atoms with Gasteiger partial charge in [-0.15, -0.1) is 11.6 Å². The van der Waals surface area contributed by atoms with Crippen molar-refractivity contribution in [3.63, 3.8) is 0 Å². The normalized spacial score (nSPS) is 14.7. The van der Waals surface area contributed by atoms with Crippen molar-refractivity contribution in [3.8, 4) is 0 Å². The second-order valence-electron chi connectivity index (χ2n) is 3.95. The van der Waals surface area contributed by atoms with E-state index in [-0.39, 0.29) is 10.8 Å². The lowest BCUT2D eigenvalue weighted by molar-refractivity contribution is 0.465. The van der Waals surface area contributed by atoms with E-state index in [1.54, 1.807) is 0 Å². The van der Waals surface area contributed by atoms with Gasteiger partial charge in [-0.2, -0.15) is 0 Å². The van der Waals surface area contributed by atoms with Crippen LogP contribution in [0.3, 0.4) is 0 Å². The minimum atomic E-state index is 0.157. The Kier molecular flexibility index (Phi) is 2.84. The van der Waals surface area contributed by atoms with E-state index in [1.807, 2.05) is 19.2 Å². The minimum absolute atomic E-state index is 0.157. The van der Waals surface area contributed by atoms with Crippen LogP contribution in [0.25, 0.3) is 0 Å². The van der Waals surface area contributed by atoms with Crippen LogP contribution in [0, 0.1) is 0 Å². The quantitative estimate of drug-likeness (QED) is 0.696. The molecule has 0 aliphatic heterocycles. The Morgan fingerprint density at radius 2 is 2.25 bits per heavy atom. The summed E-state index contributed by atoms with van der Waals surface area (Å²) in [7, 11) is 0. The predicted octanol–water partition coefficient (Wildman–Crippen LogP) is 3.31. The molecule has 1 N–H and O–H groups in total. The van der Waals surface area contributed by atoms with Crippen molar-refractivity contribution >= 4 is 11.6 Å². The maximum absolute atomic E-state index is 5.97. The number of alkyl halides is 1. The van der Waals surface area contributed by atoms with Crippen molar-refractivity contribution in [1.29, 1.82) is 0 Å². The third kappa shape index (κ3) is 2.28. The number of nitrogens with one attached hydrogen (secondary N) is 1. The largest absolute Gasteiger partial charge is 0.365 e. The molecule has 0 saturated carbocycles. The van der Waals surface area contributed by atoms with Crippen LogP contribution in [0.2, 0.25) is 0 Å². The van der Waals surface area contributed by atoms with Gasteiger partial charge in [-0.3, -0.25) is 0 Å². The Bertz CT molecular complexity index is 224. The highest BCUT2D eigenvalue weighted by molar-refractivity contribution is 6.20. The van der Waals surface area contributed by atoms with Gasteiger partial charge in [0.05, 0.1) is 0 Å². The van der Waals surface area contributed by atoms with E-state index in [1.165, 1.54) is 5.69 Å². The number of aromatic amines is 1. The smallest absolute Gasteiger partial charge is 0.0316 e. The molecule has 0 aliphatic carbocycles. The molecule has 1 rings (SSSR count). The Balaban J connectivity index is 2.72. The Morgan fingerprint density at radius 3 is 2.67 bits per heavy atom. The first-order valence-electron chi connectivity index (χ1n) is 4.30. The zero-order valence-corrected chi connectivity index (χ0v) is 8.65. The van der Waals surface area contributed by atoms with Crippen LogP contribution in [0.1, 0.15) is 32.9 Å². The van der Waals surface area contributed by atoms with Crippen molar-refractivity contribution in [1.82, 2.24) is 4.98 Å². The summed E-state index contributed by atoms with van der Waals surface area (Å²) in [6.45, 7) is 6.45. The molecular formula is C10H16ClN. The second kappa shape index (κ2) is 3.53. The van der Waals surface area contributed by atoms with Crippen molar-refractivity contribution in [3.05, 3.63) is 24.0 Å². The van der Waals surface area contributed by atoms with Gasteiger partial charge >= 0.3 is 0 Å². The molecule has 1 aromatic rings. The van der Waals surface area contributed by atoms with E-state index < -0.39 is 0 Å². The number of aromatic nitrogens is 1. The van der Waals surface area contributed by atoms with E-state index in [0.29, 0.717) is 0 Å². The lowest BCUT2D eigenvalue weighted by Gasteiger charge is -2.24. The van der Waals surface area contributed by atoms with E-state index >= 15 is 0 Å². The van der Waals surface area contributed by atoms with Gasteiger partial charge in [-0.05, 0) is 25.5 Å². The van der Waals surface area contributed by atoms with Gasteiger partial charge in [-0.25, -0.2) is 0 Å². The second-order valence-corrected chi connectivity index (χ2v) is 4.70. The van der Waals surface area contributed by atoms with Crippen LogP contribution in [0.15, 0.2) is 18.3 Å². The summed E-state index contributed by atoms with van der Waals surface area (Å²) in [6, 6.07) is 4.13. The minimum Gasteiger partial charge on any atom is -0.365 e. The van der Waals surface area contributed by atoms with E-state index in [9.17, 15) is 0 Å². The fourth-order valence-corrected chi connectivity index (χ4v) is 1.95. The molecule has 1 heterocycles. The van der Waals surface area contributed by atoms with Crippen molar-refractivity contribution in [2.45, 2.75) is 38.0 Å². The summed E-state index contributed by atoms with van der Waals surface area (Å²) in [4.78, 5) is 3.22. The average molecular weight is 186 g/mol. The van der Waals surface area contributed by atoms with Gasteiger partial charge in [0.2, 0.25) is 0 Å². The SMILES string of the molecule is CC(Cl)CC(C)(C)c1ccc[nH]1. The van der Waals surface area contributed by atoms with Gasteiger partial charge in [0.15, 0.2) is 0 Å². The molecule has 68 valence electrons. The average Bonchev–Trinajstić information content (AvgIpc) is 2.32. The zero-order chi connectivity index (χ0) is 9.19. The molecule has 0 aliphatic rings. The third-order valence-electron chi connectivity index (χ3n) is 2.12. The fourth-order valence-electron chi connectivity index (χ4n) is 1.56. The Labute approximate surface area is 79.1 Å². The molecule has 0 spiro atoms. The lowest BCUT2D eigenvalue weighted by Crippen LogP contribution is -2.21. The molecule has 1 aromatic heterocycles. The molecule has 0 fully saturated rings. The number of hydrogen-bond acceptors (Lipinski definition) is 0. The van der Waals surface area contributed by atoms with E-state index in [0.717, 1.165) is 6.42 Å². The van der Waals surface area contributed by atoms with Crippen LogP contribution in [-0.2, 0) is 5.41 Å². The van der Waals surface area contributed by atoms with Gasteiger partial charge in [0.25, 0.3) is 0 Å². The first-order chi connectivity index (χ1) is 5.52. The number of halogens is 1. The van der Waals surface area contributed by atoms with Crippen molar-refractivity contribution in [2.75, 3.05) is 0 Å². The van der Waals surface area contributed by atoms with Gasteiger partial charge in [0.1, 0.15) is 0 Å². The summed E-state index contributed by atoms with van der Waals surface area (Å²) in [5, 5.41) is 0.225. The van der Waals surface area contributed by atoms with E-state index in [2.05, 4.69) is 24.9 Å². The number of hydrogen-bond donors (Lipinski definition) is 1. The van der Waals surface area contributed by atoms with Crippen LogP contribution in [-0.4, -0.2) is 10.4 Å². The summed E-state index contributed by atoms with van der Waals surface area (Å²) >= 11 is 5.97. The number of H-pyrrole nitrogens is 1. The summed E-state index contributed by atoms with van der Waals surface area (Å²) < 4.78 is 0. The molecule has 0 saturated heterocycles. The fraction of sp³-hybridized carbons (Fsp3) is 0.600. The molecule has 1 unspecified atom stereocenters. The molecule has 12 heavy (non-hydrogen) atoms. The van der Waals surface area contributed by atoms with Gasteiger partial charge in [-0.1, -0.05) is 13.8 Å². The molecule has 0 bridgehead atoms. The maximum Gasteiger partial charge on any atom is 0.0316 e. The van der Waals surface area contributed by atoms with Crippen LogP contribution < -0.4 is 0 Å². The van der Waals surface area contributed by atoms with Crippen LogP contribution in [0.4, 0.5) is 0 Å². The highest BCUT2D eigenvalue weighted by Crippen LogP contribution is 2.28. The Hall–Kier alpha value is -0.430. The Morgan fingerprint density at radius 1 is 1.58 bits per heavy atom. The lowest BCUT2D eigenvalue weighted by atomic mass is 9.85. The molecular weight excluding hydrogens is 170 g/mol. The molecule has 0 radical (unpaired) electrons.